The zero-order valence-corrected chi connectivity index (χ0v) is 11.9. The third-order valence-electron chi connectivity index (χ3n) is 3.88. The molecule has 3 nitrogen and oxygen atoms in total. The number of aromatic nitrogens is 2. The molecule has 1 N–H and O–H groups in total. The number of nitrogens with one attached hydrogen (secondary N) is 1. The van der Waals surface area contributed by atoms with E-state index in [4.69, 9.17) is 0 Å². The summed E-state index contributed by atoms with van der Waals surface area (Å²) in [5.74, 6) is 0. The average molecular weight is 286 g/mol. The number of aryl methyl sites for hydroxylation is 2. The van der Waals surface area contributed by atoms with E-state index in [1.54, 1.807) is 0 Å². The Hall–Kier alpha value is -0.350. The molecule has 1 aliphatic carbocycles. The van der Waals surface area contributed by atoms with Crippen LogP contribution in [0.4, 0.5) is 0 Å². The molecule has 0 spiro atoms. The Morgan fingerprint density at radius 2 is 2.19 bits per heavy atom. The molecule has 1 heterocycles. The van der Waals surface area contributed by atoms with Crippen LogP contribution in [0.5, 0.6) is 0 Å². The highest BCUT2D eigenvalue weighted by Gasteiger charge is 2.34. The van der Waals surface area contributed by atoms with E-state index in [1.807, 2.05) is 18.7 Å². The minimum Gasteiger partial charge on any atom is -0.306 e. The maximum atomic E-state index is 4.41. The first kappa shape index (κ1) is 12.1. The summed E-state index contributed by atoms with van der Waals surface area (Å²) in [6.07, 6.45) is 5.23. The minimum atomic E-state index is 0.400. The maximum Gasteiger partial charge on any atom is 0.0739 e. The van der Waals surface area contributed by atoms with Crippen molar-refractivity contribution in [2.24, 2.45) is 7.05 Å². The molecule has 1 saturated carbocycles. The number of rotatable bonds is 4. The van der Waals surface area contributed by atoms with Crippen LogP contribution in [0.15, 0.2) is 4.47 Å². The predicted molar refractivity (Wildman–Crippen MR) is 69.4 cm³/mol. The second-order valence-corrected chi connectivity index (χ2v) is 5.60. The molecule has 16 heavy (non-hydrogen) atoms. The second-order valence-electron chi connectivity index (χ2n) is 4.81. The Morgan fingerprint density at radius 1 is 1.50 bits per heavy atom. The van der Waals surface area contributed by atoms with E-state index >= 15 is 0 Å². The molecule has 0 aromatic carbocycles. The fourth-order valence-corrected chi connectivity index (χ4v) is 2.88. The smallest absolute Gasteiger partial charge is 0.0739 e. The summed E-state index contributed by atoms with van der Waals surface area (Å²) in [6, 6.07) is 0. The lowest BCUT2D eigenvalue weighted by Gasteiger charge is -2.42. The highest BCUT2D eigenvalue weighted by atomic mass is 79.9. The van der Waals surface area contributed by atoms with Crippen molar-refractivity contribution >= 4 is 15.9 Å². The maximum absolute atomic E-state index is 4.41. The lowest BCUT2D eigenvalue weighted by Crippen LogP contribution is -2.50. The van der Waals surface area contributed by atoms with E-state index < -0.39 is 0 Å². The van der Waals surface area contributed by atoms with Gasteiger partial charge < -0.3 is 5.32 Å². The van der Waals surface area contributed by atoms with Gasteiger partial charge in [0.2, 0.25) is 0 Å². The van der Waals surface area contributed by atoms with Crippen LogP contribution < -0.4 is 5.32 Å². The highest BCUT2D eigenvalue weighted by molar-refractivity contribution is 9.10. The number of hydrogen-bond acceptors (Lipinski definition) is 2. The summed E-state index contributed by atoms with van der Waals surface area (Å²) in [5.41, 5.74) is 2.72. The Balaban J connectivity index is 2.04. The van der Waals surface area contributed by atoms with Crippen molar-refractivity contribution in [3.63, 3.8) is 0 Å². The van der Waals surface area contributed by atoms with E-state index in [0.29, 0.717) is 5.54 Å². The average Bonchev–Trinajstić information content (AvgIpc) is 2.43. The molecule has 1 fully saturated rings. The predicted octanol–water partition coefficient (Wildman–Crippen LogP) is 2.91. The summed E-state index contributed by atoms with van der Waals surface area (Å²) in [7, 11) is 2.01. The van der Waals surface area contributed by atoms with Crippen LogP contribution in [-0.4, -0.2) is 15.3 Å². The molecule has 1 aliphatic rings. The second kappa shape index (κ2) is 4.49. The molecule has 0 saturated heterocycles. The lowest BCUT2D eigenvalue weighted by atomic mass is 9.75. The number of halogens is 1. The molecular formula is C12H20BrN3. The third-order valence-corrected chi connectivity index (χ3v) is 4.91. The van der Waals surface area contributed by atoms with Crippen LogP contribution >= 0.6 is 15.9 Å². The number of hydrogen-bond donors (Lipinski definition) is 1. The van der Waals surface area contributed by atoms with Gasteiger partial charge in [0.05, 0.1) is 15.9 Å². The SMILES string of the molecule is CCC1(NCc2c(Br)c(C)nn2C)CCC1. The molecule has 4 heteroatoms. The van der Waals surface area contributed by atoms with Crippen molar-refractivity contribution in [2.75, 3.05) is 0 Å². The summed E-state index contributed by atoms with van der Waals surface area (Å²) in [5, 5.41) is 8.11. The molecule has 90 valence electrons. The number of nitrogens with zero attached hydrogens (tertiary/aromatic N) is 2. The molecule has 2 rings (SSSR count). The van der Waals surface area contributed by atoms with Crippen molar-refractivity contribution < 1.29 is 0 Å². The van der Waals surface area contributed by atoms with Crippen molar-refractivity contribution in [1.29, 1.82) is 0 Å². The monoisotopic (exact) mass is 285 g/mol. The van der Waals surface area contributed by atoms with Gasteiger partial charge in [-0.3, -0.25) is 4.68 Å². The highest BCUT2D eigenvalue weighted by Crippen LogP contribution is 2.35. The fourth-order valence-electron chi connectivity index (χ4n) is 2.40. The normalized spacial score (nSPS) is 18.5. The van der Waals surface area contributed by atoms with Crippen molar-refractivity contribution in [3.8, 4) is 0 Å². The first-order valence-electron chi connectivity index (χ1n) is 6.01. The van der Waals surface area contributed by atoms with Gasteiger partial charge in [-0.1, -0.05) is 6.92 Å². The van der Waals surface area contributed by atoms with Crippen molar-refractivity contribution in [2.45, 2.75) is 51.6 Å². The molecule has 0 bridgehead atoms. The van der Waals surface area contributed by atoms with E-state index in [2.05, 4.69) is 33.3 Å². The summed E-state index contributed by atoms with van der Waals surface area (Å²) in [4.78, 5) is 0. The molecule has 0 aliphatic heterocycles. The van der Waals surface area contributed by atoms with Crippen molar-refractivity contribution in [3.05, 3.63) is 15.9 Å². The van der Waals surface area contributed by atoms with E-state index in [0.717, 1.165) is 16.7 Å². The van der Waals surface area contributed by atoms with Crippen LogP contribution in [0.1, 0.15) is 44.0 Å². The van der Waals surface area contributed by atoms with E-state index in [1.165, 1.54) is 31.4 Å². The quantitative estimate of drug-likeness (QED) is 0.922. The van der Waals surface area contributed by atoms with Crippen LogP contribution in [0.25, 0.3) is 0 Å². The van der Waals surface area contributed by atoms with Gasteiger partial charge in [0.15, 0.2) is 0 Å². The lowest BCUT2D eigenvalue weighted by molar-refractivity contribution is 0.174. The molecule has 0 amide bonds. The molecule has 1 aromatic rings. The van der Waals surface area contributed by atoms with Gasteiger partial charge in [-0.2, -0.15) is 5.10 Å². The standard InChI is InChI=1S/C12H20BrN3/c1-4-12(6-5-7-12)14-8-10-11(13)9(2)15-16(10)3/h14H,4-8H2,1-3H3. The Kier molecular flexibility index (Phi) is 3.40. The van der Waals surface area contributed by atoms with E-state index in [-0.39, 0.29) is 0 Å². The van der Waals surface area contributed by atoms with Crippen LogP contribution in [0.2, 0.25) is 0 Å². The summed E-state index contributed by atoms with van der Waals surface area (Å²) >= 11 is 3.61. The van der Waals surface area contributed by atoms with E-state index in [9.17, 15) is 0 Å². The van der Waals surface area contributed by atoms with Gasteiger partial charge in [-0.15, -0.1) is 0 Å². The minimum absolute atomic E-state index is 0.400. The third kappa shape index (κ3) is 2.05. The molecular weight excluding hydrogens is 266 g/mol. The van der Waals surface area contributed by atoms with Gasteiger partial charge in [0.25, 0.3) is 0 Å². The first-order valence-corrected chi connectivity index (χ1v) is 6.80. The molecule has 0 atom stereocenters. The zero-order valence-electron chi connectivity index (χ0n) is 10.3. The summed E-state index contributed by atoms with van der Waals surface area (Å²) < 4.78 is 3.11. The van der Waals surface area contributed by atoms with Gasteiger partial charge in [0, 0.05) is 19.1 Å². The topological polar surface area (TPSA) is 29.9 Å². The van der Waals surface area contributed by atoms with Gasteiger partial charge in [-0.25, -0.2) is 0 Å². The van der Waals surface area contributed by atoms with Crippen LogP contribution in [-0.2, 0) is 13.6 Å². The molecule has 0 radical (unpaired) electrons. The van der Waals surface area contributed by atoms with Gasteiger partial charge in [-0.05, 0) is 48.5 Å². The Bertz CT molecular complexity index is 374. The van der Waals surface area contributed by atoms with Gasteiger partial charge in [0.1, 0.15) is 0 Å². The summed E-state index contributed by atoms with van der Waals surface area (Å²) in [6.45, 7) is 5.22. The largest absolute Gasteiger partial charge is 0.306 e. The van der Waals surface area contributed by atoms with Crippen molar-refractivity contribution in [1.82, 2.24) is 15.1 Å². The van der Waals surface area contributed by atoms with Crippen LogP contribution in [0.3, 0.4) is 0 Å². The molecule has 0 unspecified atom stereocenters. The fraction of sp³-hybridized carbons (Fsp3) is 0.750. The Morgan fingerprint density at radius 3 is 2.56 bits per heavy atom. The first-order chi connectivity index (χ1) is 7.58. The van der Waals surface area contributed by atoms with Gasteiger partial charge >= 0.3 is 0 Å². The van der Waals surface area contributed by atoms with Crippen LogP contribution in [0, 0.1) is 6.92 Å². The Labute approximate surface area is 106 Å². The zero-order chi connectivity index (χ0) is 11.8. The molecule has 1 aromatic heterocycles.